The van der Waals surface area contributed by atoms with Crippen LogP contribution in [0.1, 0.15) is 63.5 Å². The maximum absolute atomic E-state index is 13.1. The minimum atomic E-state index is -0.727. The third-order valence-corrected chi connectivity index (χ3v) is 7.01. The normalized spacial score (nSPS) is 17.6. The molecule has 0 saturated carbocycles. The highest BCUT2D eigenvalue weighted by Crippen LogP contribution is 2.34. The average Bonchev–Trinajstić information content (AvgIpc) is 3.55. The second-order valence-electron chi connectivity index (χ2n) is 8.80. The maximum atomic E-state index is 13.1. The number of thiazole rings is 1. The summed E-state index contributed by atoms with van der Waals surface area (Å²) < 4.78 is 1.78. The Balaban J connectivity index is 0.00000481. The van der Waals surface area contributed by atoms with Crippen molar-refractivity contribution in [3.8, 4) is 0 Å². The molecule has 3 atom stereocenters. The third kappa shape index (κ3) is 7.63. The lowest BCUT2D eigenvalue weighted by Gasteiger charge is -2.22. The quantitative estimate of drug-likeness (QED) is 0.134. The molecule has 204 valence electrons. The van der Waals surface area contributed by atoms with Crippen LogP contribution in [0.15, 0.2) is 11.6 Å². The second kappa shape index (κ2) is 13.4. The van der Waals surface area contributed by atoms with Gasteiger partial charge in [0, 0.05) is 44.8 Å². The number of likely N-dealkylation sites (N-methyl/N-ethyl adjacent to an activating group) is 1. The lowest BCUT2D eigenvalue weighted by molar-refractivity contribution is -0.122. The van der Waals surface area contributed by atoms with Crippen molar-refractivity contribution in [3.63, 3.8) is 0 Å². The fraction of sp³-hybridized carbons (Fsp3) is 0.545. The molecule has 1 fully saturated rings. The smallest absolute Gasteiger partial charge is 0.274 e. The molecule has 1 aliphatic rings. The molecule has 0 aliphatic carbocycles. The van der Waals surface area contributed by atoms with Gasteiger partial charge < -0.3 is 36.9 Å². The van der Waals surface area contributed by atoms with E-state index in [0.29, 0.717) is 49.5 Å². The topological polar surface area (TPSA) is 197 Å². The molecule has 0 aromatic carbocycles. The molecule has 0 bridgehead atoms. The van der Waals surface area contributed by atoms with E-state index >= 15 is 0 Å². The van der Waals surface area contributed by atoms with E-state index in [-0.39, 0.29) is 48.0 Å². The number of rotatable bonds is 10. The molecule has 15 heteroatoms. The summed E-state index contributed by atoms with van der Waals surface area (Å²) in [6.45, 7) is 2.71. The summed E-state index contributed by atoms with van der Waals surface area (Å²) in [7, 11) is 3.34. The first kappa shape index (κ1) is 30.0. The van der Waals surface area contributed by atoms with Crippen molar-refractivity contribution in [3.05, 3.63) is 33.8 Å². The summed E-state index contributed by atoms with van der Waals surface area (Å²) in [5.74, 6) is -0.371. The number of carbonyl (C=O) groups excluding carboxylic acids is 3. The zero-order chi connectivity index (χ0) is 26.4. The van der Waals surface area contributed by atoms with Gasteiger partial charge in [-0.15, -0.1) is 23.7 Å². The van der Waals surface area contributed by atoms with Gasteiger partial charge in [0.25, 0.3) is 11.8 Å². The number of hydrogen-bond acceptors (Lipinski definition) is 8. The molecular formula is C22H35ClN10O3S. The second-order valence-corrected chi connectivity index (χ2v) is 9.69. The van der Waals surface area contributed by atoms with Crippen molar-refractivity contribution in [1.29, 1.82) is 5.41 Å². The first-order valence-corrected chi connectivity index (χ1v) is 12.6. The number of likely N-dealkylation sites (tertiary alicyclic amines) is 1. The number of guanidine groups is 1. The van der Waals surface area contributed by atoms with Gasteiger partial charge in [-0.3, -0.25) is 19.8 Å². The highest BCUT2D eigenvalue weighted by Gasteiger charge is 2.38. The van der Waals surface area contributed by atoms with Crippen LogP contribution in [0, 0.1) is 12.3 Å². The Kier molecular flexibility index (Phi) is 10.8. The molecular weight excluding hydrogens is 520 g/mol. The molecule has 1 aliphatic heterocycles. The number of nitrogens with one attached hydrogen (secondary N) is 4. The lowest BCUT2D eigenvalue weighted by Crippen LogP contribution is -2.45. The average molecular weight is 555 g/mol. The van der Waals surface area contributed by atoms with Gasteiger partial charge >= 0.3 is 0 Å². The Bertz CT molecular complexity index is 1100. The van der Waals surface area contributed by atoms with Crippen LogP contribution in [-0.2, 0) is 11.8 Å². The molecule has 2 aromatic heterocycles. The molecule has 8 N–H and O–H groups in total. The van der Waals surface area contributed by atoms with Crippen LogP contribution in [0.3, 0.4) is 0 Å². The number of hydrogen-bond donors (Lipinski definition) is 6. The van der Waals surface area contributed by atoms with Crippen LogP contribution in [-0.4, -0.2) is 75.3 Å². The minimum Gasteiger partial charge on any atom is -0.370 e. The predicted octanol–water partition coefficient (Wildman–Crippen LogP) is 0.0191. The van der Waals surface area contributed by atoms with E-state index in [1.165, 1.54) is 18.4 Å². The highest BCUT2D eigenvalue weighted by molar-refractivity contribution is 7.09. The Hall–Kier alpha value is -3.23. The van der Waals surface area contributed by atoms with Crippen LogP contribution in [0.25, 0.3) is 0 Å². The highest BCUT2D eigenvalue weighted by atomic mass is 35.5. The molecule has 0 spiro atoms. The number of unbranched alkanes of at least 4 members (excludes halogenated alkanes) is 1. The molecule has 37 heavy (non-hydrogen) atoms. The molecule has 3 rings (SSSR count). The summed E-state index contributed by atoms with van der Waals surface area (Å²) in [6.07, 6.45) is 3.97. The van der Waals surface area contributed by atoms with E-state index < -0.39 is 11.9 Å². The molecule has 3 amide bonds. The maximum Gasteiger partial charge on any atom is 0.274 e. The Morgan fingerprint density at radius 2 is 2.00 bits per heavy atom. The van der Waals surface area contributed by atoms with E-state index in [4.69, 9.17) is 16.9 Å². The number of carbonyl (C=O) groups is 3. The fourth-order valence-electron chi connectivity index (χ4n) is 4.05. The van der Waals surface area contributed by atoms with Gasteiger partial charge in [0.1, 0.15) is 28.3 Å². The van der Waals surface area contributed by atoms with Crippen molar-refractivity contribution in [1.82, 2.24) is 35.4 Å². The van der Waals surface area contributed by atoms with Crippen LogP contribution >= 0.6 is 23.7 Å². The Morgan fingerprint density at radius 1 is 1.27 bits per heavy atom. The number of aromatic nitrogens is 3. The van der Waals surface area contributed by atoms with Crippen LogP contribution in [0.4, 0.5) is 0 Å². The van der Waals surface area contributed by atoms with Crippen molar-refractivity contribution in [2.24, 2.45) is 18.5 Å². The van der Waals surface area contributed by atoms with E-state index in [9.17, 15) is 14.4 Å². The third-order valence-electron chi connectivity index (χ3n) is 6.06. The summed E-state index contributed by atoms with van der Waals surface area (Å²) in [6, 6.07) is -1.29. The van der Waals surface area contributed by atoms with Gasteiger partial charge in [0.15, 0.2) is 5.96 Å². The van der Waals surface area contributed by atoms with Crippen molar-refractivity contribution in [2.45, 2.75) is 50.7 Å². The van der Waals surface area contributed by atoms with Crippen LogP contribution in [0.2, 0.25) is 0 Å². The van der Waals surface area contributed by atoms with Crippen LogP contribution in [0.5, 0.6) is 0 Å². The van der Waals surface area contributed by atoms with Gasteiger partial charge in [-0.25, -0.2) is 9.97 Å². The molecule has 3 heterocycles. The fourth-order valence-corrected chi connectivity index (χ4v) is 4.98. The number of nitrogens with zero attached hydrogens (tertiary/aromatic N) is 4. The first-order chi connectivity index (χ1) is 17.1. The number of nitrogens with two attached hydrogens (primary N) is 2. The predicted molar refractivity (Wildman–Crippen MR) is 143 cm³/mol. The largest absolute Gasteiger partial charge is 0.370 e. The first-order valence-electron chi connectivity index (χ1n) is 11.7. The van der Waals surface area contributed by atoms with Crippen molar-refractivity contribution < 1.29 is 14.4 Å². The summed E-state index contributed by atoms with van der Waals surface area (Å²) in [5.41, 5.74) is 12.0. The molecule has 2 aromatic rings. The van der Waals surface area contributed by atoms with E-state index in [0.717, 1.165) is 5.82 Å². The van der Waals surface area contributed by atoms with Gasteiger partial charge in [0.05, 0.1) is 6.04 Å². The van der Waals surface area contributed by atoms with Gasteiger partial charge in [-0.1, -0.05) is 0 Å². The number of amides is 3. The van der Waals surface area contributed by atoms with Crippen molar-refractivity contribution in [2.75, 3.05) is 20.1 Å². The Morgan fingerprint density at radius 3 is 2.62 bits per heavy atom. The monoisotopic (exact) mass is 554 g/mol. The molecule has 13 nitrogen and oxygen atoms in total. The zero-order valence-electron chi connectivity index (χ0n) is 21.1. The van der Waals surface area contributed by atoms with Gasteiger partial charge in [0.2, 0.25) is 5.91 Å². The number of aryl methyl sites for hydroxylation is 2. The molecule has 1 saturated heterocycles. The van der Waals surface area contributed by atoms with Gasteiger partial charge in [-0.2, -0.15) is 0 Å². The zero-order valence-corrected chi connectivity index (χ0v) is 22.7. The SMILES string of the molecule is CNC(=O)C(CCCCNC(=N)N)NC(=O)c1csc([C@@H]2C[C@@H](N)CN2C(=O)c2cn(C)c(C)n2)n1.Cl. The van der Waals surface area contributed by atoms with E-state index in [1.54, 1.807) is 21.0 Å². The van der Waals surface area contributed by atoms with Crippen molar-refractivity contribution >= 4 is 47.4 Å². The van der Waals surface area contributed by atoms with E-state index in [1.807, 2.05) is 14.0 Å². The van der Waals surface area contributed by atoms with E-state index in [2.05, 4.69) is 25.9 Å². The van der Waals surface area contributed by atoms with Crippen LogP contribution < -0.4 is 27.4 Å². The Labute approximate surface area is 225 Å². The number of halogens is 1. The minimum absolute atomic E-state index is 0. The summed E-state index contributed by atoms with van der Waals surface area (Å²) >= 11 is 1.28. The standard InChI is InChI=1S/C22H34N10O3S.ClH/c1-12-28-15(10-31(12)3)21(35)32-9-13(23)8-17(32)20-30-16(11-36-20)19(34)29-14(18(33)26-2)6-4-5-7-27-22(24)25;/h10-11,13-14,17H,4-9,23H2,1-3H3,(H,26,33)(H,29,34)(H4,24,25,27);1H/t13-,14?,17+;/m1./s1. The number of imidazole rings is 1. The summed E-state index contributed by atoms with van der Waals surface area (Å²) in [5, 5.41) is 17.4. The lowest BCUT2D eigenvalue weighted by atomic mass is 10.1. The molecule has 0 radical (unpaired) electrons. The summed E-state index contributed by atoms with van der Waals surface area (Å²) in [4.78, 5) is 48.8. The molecule has 1 unspecified atom stereocenters. The van der Waals surface area contributed by atoms with Gasteiger partial charge in [-0.05, 0) is 32.6 Å².